The van der Waals surface area contributed by atoms with E-state index in [0.717, 1.165) is 23.2 Å². The lowest BCUT2D eigenvalue weighted by atomic mass is 9.80. The second-order valence-corrected chi connectivity index (χ2v) is 7.01. The van der Waals surface area contributed by atoms with Gasteiger partial charge in [0.15, 0.2) is 5.78 Å². The Hall–Kier alpha value is -1.77. The highest BCUT2D eigenvalue weighted by molar-refractivity contribution is 6.06. The molecule has 0 aromatic heterocycles. The van der Waals surface area contributed by atoms with Crippen LogP contribution in [0, 0.1) is 6.92 Å². The summed E-state index contributed by atoms with van der Waals surface area (Å²) in [6.45, 7) is 8.69. The van der Waals surface area contributed by atoms with Gasteiger partial charge < -0.3 is 10.2 Å². The normalized spacial score (nSPS) is 20.0. The van der Waals surface area contributed by atoms with Crippen LogP contribution in [0.5, 0.6) is 0 Å². The molecule has 1 aliphatic heterocycles. The van der Waals surface area contributed by atoms with Gasteiger partial charge in [0.2, 0.25) is 0 Å². The smallest absolute Gasteiger partial charge is 0.187 e. The molecule has 0 unspecified atom stereocenters. The molecule has 21 heavy (non-hydrogen) atoms. The number of allylic oxidation sites excluding steroid dienone is 1. The molecule has 2 rings (SSSR count). The molecule has 3 nitrogen and oxygen atoms in total. The molecule has 0 amide bonds. The van der Waals surface area contributed by atoms with Crippen molar-refractivity contribution in [3.63, 3.8) is 0 Å². The largest absolute Gasteiger partial charge is 0.383 e. The highest BCUT2D eigenvalue weighted by Crippen LogP contribution is 2.39. The number of carbonyl (C=O) groups is 1. The van der Waals surface area contributed by atoms with Crippen molar-refractivity contribution in [3.8, 4) is 0 Å². The summed E-state index contributed by atoms with van der Waals surface area (Å²) in [4.78, 5) is 14.2. The summed E-state index contributed by atoms with van der Waals surface area (Å²) >= 11 is 0. The van der Waals surface area contributed by atoms with E-state index in [4.69, 9.17) is 0 Å². The molecule has 1 aromatic rings. The number of aryl methyl sites for hydroxylation is 1. The monoisotopic (exact) mass is 286 g/mol. The summed E-state index contributed by atoms with van der Waals surface area (Å²) in [5.74, 6) is 0.568. The quantitative estimate of drug-likeness (QED) is 0.674. The van der Waals surface area contributed by atoms with E-state index >= 15 is 0 Å². The van der Waals surface area contributed by atoms with Crippen LogP contribution in [0.4, 0.5) is 5.69 Å². The molecule has 0 saturated heterocycles. The van der Waals surface area contributed by atoms with Gasteiger partial charge in [-0.15, -0.1) is 0 Å². The molecule has 0 saturated carbocycles. The Kier molecular flexibility index (Phi) is 4.13. The van der Waals surface area contributed by atoms with Gasteiger partial charge in [-0.25, -0.2) is 0 Å². The van der Waals surface area contributed by atoms with Crippen LogP contribution in [0.3, 0.4) is 0 Å². The first-order valence-electron chi connectivity index (χ1n) is 7.51. The molecule has 0 bridgehead atoms. The zero-order chi connectivity index (χ0) is 15.8. The number of hydrogen-bond acceptors (Lipinski definition) is 3. The van der Waals surface area contributed by atoms with E-state index in [1.54, 1.807) is 12.3 Å². The zero-order valence-electron chi connectivity index (χ0n) is 13.9. The molecule has 0 aliphatic carbocycles. The predicted molar refractivity (Wildman–Crippen MR) is 89.1 cm³/mol. The van der Waals surface area contributed by atoms with Gasteiger partial charge in [-0.3, -0.25) is 4.79 Å². The second-order valence-electron chi connectivity index (χ2n) is 7.01. The molecule has 3 heteroatoms. The van der Waals surface area contributed by atoms with Crippen molar-refractivity contribution in [2.75, 3.05) is 19.4 Å². The van der Waals surface area contributed by atoms with Crippen LogP contribution >= 0.6 is 0 Å². The molecule has 1 N–H and O–H groups in total. The van der Waals surface area contributed by atoms with Crippen molar-refractivity contribution in [2.24, 2.45) is 0 Å². The van der Waals surface area contributed by atoms with Crippen LogP contribution in [-0.2, 0) is 0 Å². The van der Waals surface area contributed by atoms with E-state index in [0.29, 0.717) is 5.92 Å². The lowest BCUT2D eigenvalue weighted by molar-refractivity contribution is 0.104. The molecule has 1 atom stereocenters. The van der Waals surface area contributed by atoms with Crippen LogP contribution in [-0.4, -0.2) is 30.3 Å². The maximum Gasteiger partial charge on any atom is 0.187 e. The number of carbonyl (C=O) groups excluding carboxylic acids is 1. The topological polar surface area (TPSA) is 32.3 Å². The number of rotatable bonds is 3. The Morgan fingerprint density at radius 2 is 2.05 bits per heavy atom. The van der Waals surface area contributed by atoms with E-state index in [-0.39, 0.29) is 11.3 Å². The molecule has 114 valence electrons. The van der Waals surface area contributed by atoms with Gasteiger partial charge in [0.1, 0.15) is 0 Å². The van der Waals surface area contributed by atoms with Gasteiger partial charge in [0.05, 0.1) is 0 Å². The fourth-order valence-electron chi connectivity index (χ4n) is 3.11. The molecular formula is C18H26N2O. The summed E-state index contributed by atoms with van der Waals surface area (Å²) in [5.41, 5.74) is 4.33. The third kappa shape index (κ3) is 3.46. The number of anilines is 1. The third-order valence-corrected chi connectivity index (χ3v) is 4.01. The molecule has 1 heterocycles. The summed E-state index contributed by atoms with van der Waals surface area (Å²) in [5, 5.41) is 3.57. The number of hydrogen-bond donors (Lipinski definition) is 1. The molecule has 1 aromatic carbocycles. The van der Waals surface area contributed by atoms with Crippen LogP contribution in [0.2, 0.25) is 0 Å². The minimum atomic E-state index is 0.0573. The number of nitrogens with zero attached hydrogens (tertiary/aromatic N) is 1. The summed E-state index contributed by atoms with van der Waals surface area (Å²) < 4.78 is 0. The van der Waals surface area contributed by atoms with Gasteiger partial charge in [-0.1, -0.05) is 13.0 Å². The van der Waals surface area contributed by atoms with Crippen molar-refractivity contribution < 1.29 is 4.79 Å². The van der Waals surface area contributed by atoms with Gasteiger partial charge in [-0.2, -0.15) is 0 Å². The van der Waals surface area contributed by atoms with E-state index in [9.17, 15) is 4.79 Å². The summed E-state index contributed by atoms with van der Waals surface area (Å²) in [7, 11) is 3.82. The standard InChI is InChI=1S/C18H26N2O/c1-12-9-14-13(2)11-18(3,4)19-16(14)10-15(12)17(21)7-8-20(5)6/h7-10,13,19H,11H2,1-6H3/b8-7+/t13-/m0/s1. The van der Waals surface area contributed by atoms with Crippen molar-refractivity contribution in [3.05, 3.63) is 41.1 Å². The second kappa shape index (κ2) is 5.55. The maximum absolute atomic E-state index is 12.4. The van der Waals surface area contributed by atoms with Gasteiger partial charge >= 0.3 is 0 Å². The van der Waals surface area contributed by atoms with E-state index in [2.05, 4.69) is 32.2 Å². The predicted octanol–water partition coefficient (Wildman–Crippen LogP) is 3.95. The number of benzene rings is 1. The lowest BCUT2D eigenvalue weighted by Crippen LogP contribution is -2.36. The molecule has 0 spiro atoms. The van der Waals surface area contributed by atoms with Crippen LogP contribution in [0.1, 0.15) is 54.6 Å². The first-order chi connectivity index (χ1) is 9.69. The summed E-state index contributed by atoms with van der Waals surface area (Å²) in [6.07, 6.45) is 4.53. The van der Waals surface area contributed by atoms with Crippen molar-refractivity contribution in [1.82, 2.24) is 4.90 Å². The average molecular weight is 286 g/mol. The van der Waals surface area contributed by atoms with Gasteiger partial charge in [-0.05, 0) is 50.3 Å². The fourth-order valence-corrected chi connectivity index (χ4v) is 3.11. The van der Waals surface area contributed by atoms with Crippen molar-refractivity contribution >= 4 is 11.5 Å². The Labute approximate surface area is 128 Å². The van der Waals surface area contributed by atoms with Crippen molar-refractivity contribution in [2.45, 2.75) is 45.6 Å². The Bertz CT molecular complexity index is 585. The highest BCUT2D eigenvalue weighted by atomic mass is 16.1. The number of nitrogens with one attached hydrogen (secondary N) is 1. The summed E-state index contributed by atoms with van der Waals surface area (Å²) in [6, 6.07) is 4.18. The number of fused-ring (bicyclic) bond motifs is 1. The third-order valence-electron chi connectivity index (χ3n) is 4.01. The van der Waals surface area contributed by atoms with Crippen LogP contribution in [0.15, 0.2) is 24.4 Å². The van der Waals surface area contributed by atoms with Crippen LogP contribution < -0.4 is 5.32 Å². The molecule has 0 radical (unpaired) electrons. The average Bonchev–Trinajstić information content (AvgIpc) is 2.35. The molecule has 0 fully saturated rings. The first kappa shape index (κ1) is 15.6. The van der Waals surface area contributed by atoms with Gasteiger partial charge in [0, 0.05) is 43.2 Å². The Morgan fingerprint density at radius 1 is 1.38 bits per heavy atom. The minimum absolute atomic E-state index is 0.0573. The molecule has 1 aliphatic rings. The van der Waals surface area contributed by atoms with E-state index in [1.807, 2.05) is 32.0 Å². The van der Waals surface area contributed by atoms with E-state index in [1.165, 1.54) is 5.56 Å². The fraction of sp³-hybridized carbons (Fsp3) is 0.500. The maximum atomic E-state index is 12.4. The van der Waals surface area contributed by atoms with Gasteiger partial charge in [0.25, 0.3) is 0 Å². The number of ketones is 1. The van der Waals surface area contributed by atoms with Crippen molar-refractivity contribution in [1.29, 1.82) is 0 Å². The van der Waals surface area contributed by atoms with E-state index < -0.39 is 0 Å². The SMILES string of the molecule is Cc1cc2c(cc1C(=O)/C=C/N(C)C)NC(C)(C)C[C@@H]2C. The molecular weight excluding hydrogens is 260 g/mol. The first-order valence-corrected chi connectivity index (χ1v) is 7.51. The Morgan fingerprint density at radius 3 is 2.67 bits per heavy atom. The van der Waals surface area contributed by atoms with Crippen LogP contribution in [0.25, 0.3) is 0 Å². The zero-order valence-corrected chi connectivity index (χ0v) is 13.9. The lowest BCUT2D eigenvalue weighted by Gasteiger charge is -2.38. The Balaban J connectivity index is 2.40. The highest BCUT2D eigenvalue weighted by Gasteiger charge is 2.30. The minimum Gasteiger partial charge on any atom is -0.383 e.